The zero-order valence-corrected chi connectivity index (χ0v) is 17.0. The van der Waals surface area contributed by atoms with E-state index >= 15 is 0 Å². The number of likely N-dealkylation sites (tertiary alicyclic amines) is 1. The molecule has 7 nitrogen and oxygen atoms in total. The SMILES string of the molecule is CCc1cccc(NC(=O)C2CCCN(C(=O)c3cc(-c4ccncc4)n[nH]3)C2)c1. The number of hydrogen-bond donors (Lipinski definition) is 2. The van der Waals surface area contributed by atoms with Crippen molar-refractivity contribution in [2.75, 3.05) is 18.4 Å². The van der Waals surface area contributed by atoms with Crippen LogP contribution in [-0.4, -0.2) is 45.0 Å². The summed E-state index contributed by atoms with van der Waals surface area (Å²) in [5.41, 5.74) is 4.00. The summed E-state index contributed by atoms with van der Waals surface area (Å²) in [5, 5.41) is 10.1. The monoisotopic (exact) mass is 403 g/mol. The lowest BCUT2D eigenvalue weighted by molar-refractivity contribution is -0.121. The Morgan fingerprint density at radius 2 is 2.03 bits per heavy atom. The molecule has 4 rings (SSSR count). The van der Waals surface area contributed by atoms with E-state index in [1.54, 1.807) is 23.4 Å². The van der Waals surface area contributed by atoms with Crippen LogP contribution in [0.3, 0.4) is 0 Å². The van der Waals surface area contributed by atoms with Gasteiger partial charge in [-0.05, 0) is 55.2 Å². The molecule has 0 spiro atoms. The number of anilines is 1. The molecule has 1 aromatic carbocycles. The van der Waals surface area contributed by atoms with E-state index < -0.39 is 0 Å². The number of aryl methyl sites for hydroxylation is 1. The van der Waals surface area contributed by atoms with Crippen molar-refractivity contribution in [3.8, 4) is 11.3 Å². The molecule has 3 aromatic rings. The number of H-pyrrole nitrogens is 1. The van der Waals surface area contributed by atoms with Gasteiger partial charge < -0.3 is 10.2 Å². The number of aromatic amines is 1. The fourth-order valence-corrected chi connectivity index (χ4v) is 3.76. The first-order valence-electron chi connectivity index (χ1n) is 10.3. The lowest BCUT2D eigenvalue weighted by Gasteiger charge is -2.31. The maximum absolute atomic E-state index is 13.0. The van der Waals surface area contributed by atoms with E-state index in [1.807, 2.05) is 36.4 Å². The molecule has 0 saturated carbocycles. The summed E-state index contributed by atoms with van der Waals surface area (Å²) in [6.07, 6.45) is 5.87. The van der Waals surface area contributed by atoms with Crippen molar-refractivity contribution in [2.45, 2.75) is 26.2 Å². The second-order valence-electron chi connectivity index (χ2n) is 7.54. The van der Waals surface area contributed by atoms with E-state index in [0.29, 0.717) is 24.5 Å². The van der Waals surface area contributed by atoms with Crippen LogP contribution in [0.2, 0.25) is 0 Å². The minimum atomic E-state index is -0.226. The third kappa shape index (κ3) is 4.40. The highest BCUT2D eigenvalue weighted by Gasteiger charge is 2.29. The molecule has 2 N–H and O–H groups in total. The van der Waals surface area contributed by atoms with Gasteiger partial charge >= 0.3 is 0 Å². The summed E-state index contributed by atoms with van der Waals surface area (Å²) in [7, 11) is 0. The molecule has 1 fully saturated rings. The van der Waals surface area contributed by atoms with Crippen LogP contribution in [-0.2, 0) is 11.2 Å². The van der Waals surface area contributed by atoms with E-state index in [2.05, 4.69) is 27.4 Å². The summed E-state index contributed by atoms with van der Waals surface area (Å²) in [4.78, 5) is 31.5. The van der Waals surface area contributed by atoms with Gasteiger partial charge in [-0.1, -0.05) is 19.1 Å². The first kappa shape index (κ1) is 19.8. The van der Waals surface area contributed by atoms with Gasteiger partial charge in [0.1, 0.15) is 5.69 Å². The van der Waals surface area contributed by atoms with Crippen molar-refractivity contribution in [1.29, 1.82) is 0 Å². The van der Waals surface area contributed by atoms with Gasteiger partial charge in [0.2, 0.25) is 5.91 Å². The predicted molar refractivity (Wildman–Crippen MR) is 115 cm³/mol. The molecule has 0 radical (unpaired) electrons. The highest BCUT2D eigenvalue weighted by atomic mass is 16.2. The minimum Gasteiger partial charge on any atom is -0.337 e. The highest BCUT2D eigenvalue weighted by Crippen LogP contribution is 2.22. The van der Waals surface area contributed by atoms with Crippen molar-refractivity contribution in [2.24, 2.45) is 5.92 Å². The molecule has 7 heteroatoms. The van der Waals surface area contributed by atoms with E-state index in [0.717, 1.165) is 30.5 Å². The van der Waals surface area contributed by atoms with Crippen LogP contribution in [0.25, 0.3) is 11.3 Å². The minimum absolute atomic E-state index is 0.0390. The Labute approximate surface area is 175 Å². The van der Waals surface area contributed by atoms with Crippen LogP contribution < -0.4 is 5.32 Å². The smallest absolute Gasteiger partial charge is 0.271 e. The van der Waals surface area contributed by atoms with Gasteiger partial charge in [0.05, 0.1) is 11.6 Å². The number of piperidine rings is 1. The molecule has 154 valence electrons. The number of carbonyl (C=O) groups excluding carboxylic acids is 2. The first-order chi connectivity index (χ1) is 14.6. The summed E-state index contributed by atoms with van der Waals surface area (Å²) < 4.78 is 0. The zero-order valence-electron chi connectivity index (χ0n) is 17.0. The van der Waals surface area contributed by atoms with E-state index in [4.69, 9.17) is 0 Å². The van der Waals surface area contributed by atoms with Gasteiger partial charge in [0.15, 0.2) is 0 Å². The number of pyridine rings is 1. The maximum Gasteiger partial charge on any atom is 0.271 e. The van der Waals surface area contributed by atoms with Crippen LogP contribution in [0.15, 0.2) is 54.9 Å². The molecular weight excluding hydrogens is 378 g/mol. The second kappa shape index (κ2) is 8.90. The van der Waals surface area contributed by atoms with Gasteiger partial charge in [-0.15, -0.1) is 0 Å². The van der Waals surface area contributed by atoms with Crippen molar-refractivity contribution in [1.82, 2.24) is 20.1 Å². The Morgan fingerprint density at radius 1 is 1.20 bits per heavy atom. The lowest BCUT2D eigenvalue weighted by atomic mass is 9.96. The van der Waals surface area contributed by atoms with E-state index in [1.165, 1.54) is 5.56 Å². The molecule has 1 aliphatic rings. The van der Waals surface area contributed by atoms with Crippen molar-refractivity contribution in [3.63, 3.8) is 0 Å². The van der Waals surface area contributed by atoms with Crippen LogP contribution in [0.1, 0.15) is 35.8 Å². The fourth-order valence-electron chi connectivity index (χ4n) is 3.76. The topological polar surface area (TPSA) is 91.0 Å². The highest BCUT2D eigenvalue weighted by molar-refractivity contribution is 5.96. The van der Waals surface area contributed by atoms with Crippen molar-refractivity contribution < 1.29 is 9.59 Å². The Kier molecular flexibility index (Phi) is 5.88. The molecule has 2 amide bonds. The van der Waals surface area contributed by atoms with Crippen LogP contribution in [0.4, 0.5) is 5.69 Å². The lowest BCUT2D eigenvalue weighted by Crippen LogP contribution is -2.43. The fraction of sp³-hybridized carbons (Fsp3) is 0.304. The number of nitrogens with zero attached hydrogens (tertiary/aromatic N) is 3. The van der Waals surface area contributed by atoms with Crippen molar-refractivity contribution >= 4 is 17.5 Å². The van der Waals surface area contributed by atoms with Crippen molar-refractivity contribution in [3.05, 3.63) is 66.1 Å². The maximum atomic E-state index is 13.0. The Balaban J connectivity index is 1.41. The summed E-state index contributed by atoms with van der Waals surface area (Å²) in [6, 6.07) is 13.3. The molecule has 0 bridgehead atoms. The first-order valence-corrected chi connectivity index (χ1v) is 10.3. The molecule has 0 aliphatic carbocycles. The average Bonchev–Trinajstić information content (AvgIpc) is 3.30. The van der Waals surface area contributed by atoms with Gasteiger partial charge in [0, 0.05) is 36.7 Å². The van der Waals surface area contributed by atoms with E-state index in [-0.39, 0.29) is 17.7 Å². The zero-order chi connectivity index (χ0) is 20.9. The Hall–Kier alpha value is -3.48. The van der Waals surface area contributed by atoms with Gasteiger partial charge in [-0.2, -0.15) is 5.10 Å². The standard InChI is InChI=1S/C23H25N5O2/c1-2-16-5-3-7-19(13-16)25-22(29)18-6-4-12-28(15-18)23(30)21-14-20(26-27-21)17-8-10-24-11-9-17/h3,5,7-11,13-14,18H,2,4,6,12,15H2,1H3,(H,25,29)(H,26,27). The molecule has 2 aromatic heterocycles. The third-order valence-electron chi connectivity index (χ3n) is 5.47. The third-order valence-corrected chi connectivity index (χ3v) is 5.47. The number of amides is 2. The molecular formula is C23H25N5O2. The number of hydrogen-bond acceptors (Lipinski definition) is 4. The number of rotatable bonds is 5. The molecule has 1 aliphatic heterocycles. The quantitative estimate of drug-likeness (QED) is 0.682. The summed E-state index contributed by atoms with van der Waals surface area (Å²) in [6.45, 7) is 3.13. The van der Waals surface area contributed by atoms with Gasteiger partial charge in [-0.25, -0.2) is 0 Å². The summed E-state index contributed by atoms with van der Waals surface area (Å²) >= 11 is 0. The Bertz CT molecular complexity index is 1030. The van der Waals surface area contributed by atoms with Gasteiger partial charge in [0.25, 0.3) is 5.91 Å². The average molecular weight is 403 g/mol. The predicted octanol–water partition coefficient (Wildman–Crippen LogP) is 3.53. The normalized spacial score (nSPS) is 16.3. The van der Waals surface area contributed by atoms with Crippen LogP contribution >= 0.6 is 0 Å². The molecule has 1 saturated heterocycles. The molecule has 1 unspecified atom stereocenters. The van der Waals surface area contributed by atoms with Crippen LogP contribution in [0, 0.1) is 5.92 Å². The number of nitrogens with one attached hydrogen (secondary N) is 2. The Morgan fingerprint density at radius 3 is 2.83 bits per heavy atom. The second-order valence-corrected chi connectivity index (χ2v) is 7.54. The molecule has 3 heterocycles. The van der Waals surface area contributed by atoms with Crippen LogP contribution in [0.5, 0.6) is 0 Å². The molecule has 1 atom stereocenters. The number of carbonyl (C=O) groups is 2. The number of benzene rings is 1. The largest absolute Gasteiger partial charge is 0.337 e. The summed E-state index contributed by atoms with van der Waals surface area (Å²) in [5.74, 6) is -0.397. The van der Waals surface area contributed by atoms with Gasteiger partial charge in [-0.3, -0.25) is 19.7 Å². The van der Waals surface area contributed by atoms with E-state index in [9.17, 15) is 9.59 Å². The molecule has 30 heavy (non-hydrogen) atoms. The number of aromatic nitrogens is 3.